The lowest BCUT2D eigenvalue weighted by Crippen LogP contribution is -2.41. The molecule has 0 amide bonds. The average Bonchev–Trinajstić information content (AvgIpc) is 3.14. The van der Waals surface area contributed by atoms with Crippen LogP contribution >= 0.6 is 11.6 Å². The minimum atomic E-state index is -3.73. The van der Waals surface area contributed by atoms with Gasteiger partial charge in [0, 0.05) is 15.9 Å². The van der Waals surface area contributed by atoms with Crippen LogP contribution in [0.1, 0.15) is 38.8 Å². The van der Waals surface area contributed by atoms with E-state index in [4.69, 9.17) is 20.9 Å². The van der Waals surface area contributed by atoms with Crippen LogP contribution in [0.4, 0.5) is 0 Å². The molecule has 0 spiro atoms. The molecule has 9 heteroatoms. The van der Waals surface area contributed by atoms with E-state index in [-0.39, 0.29) is 5.75 Å². The maximum atomic E-state index is 13.1. The quantitative estimate of drug-likeness (QED) is 0.572. The average molecular weight is 447 g/mol. The fourth-order valence-electron chi connectivity index (χ4n) is 3.54. The maximum absolute atomic E-state index is 13.1. The maximum Gasteiger partial charge on any atom is 0.497 e. The van der Waals surface area contributed by atoms with E-state index in [1.807, 2.05) is 52.8 Å². The van der Waals surface area contributed by atoms with Crippen LogP contribution in [0.2, 0.25) is 5.02 Å². The Kier molecular flexibility index (Phi) is 5.05. The standard InChI is InChI=1S/C21H24BClN2O4S/c1-14-11-17-16(18(19(14)23)22-28-20(2,3)21(4,5)29-22)12-24-25(17)30(26,27)13-15-9-7-6-8-10-15/h6-12H,13H2,1-5H3. The molecule has 0 N–H and O–H groups in total. The Balaban J connectivity index is 1.84. The summed E-state index contributed by atoms with van der Waals surface area (Å²) in [5.41, 5.74) is 1.38. The van der Waals surface area contributed by atoms with Crippen molar-refractivity contribution in [2.45, 2.75) is 51.6 Å². The summed E-state index contributed by atoms with van der Waals surface area (Å²) in [6.45, 7) is 9.67. The van der Waals surface area contributed by atoms with Crippen LogP contribution in [0.25, 0.3) is 10.9 Å². The van der Waals surface area contributed by atoms with E-state index in [1.165, 1.54) is 6.20 Å². The molecule has 0 aliphatic carbocycles. The summed E-state index contributed by atoms with van der Waals surface area (Å²) >= 11 is 6.65. The van der Waals surface area contributed by atoms with Gasteiger partial charge < -0.3 is 9.31 Å². The van der Waals surface area contributed by atoms with Gasteiger partial charge in [-0.1, -0.05) is 41.9 Å². The van der Waals surface area contributed by atoms with Crippen LogP contribution in [0.5, 0.6) is 0 Å². The molecule has 1 fully saturated rings. The van der Waals surface area contributed by atoms with Gasteiger partial charge in [0.1, 0.15) is 0 Å². The van der Waals surface area contributed by atoms with E-state index in [1.54, 1.807) is 18.2 Å². The van der Waals surface area contributed by atoms with Gasteiger partial charge in [-0.2, -0.15) is 9.19 Å². The highest BCUT2D eigenvalue weighted by atomic mass is 35.5. The topological polar surface area (TPSA) is 70.4 Å². The summed E-state index contributed by atoms with van der Waals surface area (Å²) < 4.78 is 39.7. The lowest BCUT2D eigenvalue weighted by molar-refractivity contribution is 0.00578. The number of nitrogens with zero attached hydrogens (tertiary/aromatic N) is 2. The van der Waals surface area contributed by atoms with E-state index < -0.39 is 28.3 Å². The predicted molar refractivity (Wildman–Crippen MR) is 120 cm³/mol. The van der Waals surface area contributed by atoms with E-state index in [0.29, 0.717) is 27.0 Å². The zero-order chi connectivity index (χ0) is 21.9. The molecule has 0 saturated carbocycles. The van der Waals surface area contributed by atoms with Gasteiger partial charge in [0.2, 0.25) is 0 Å². The normalized spacial score (nSPS) is 18.3. The monoisotopic (exact) mass is 446 g/mol. The van der Waals surface area contributed by atoms with Gasteiger partial charge in [0.15, 0.2) is 0 Å². The Labute approximate surface area is 182 Å². The minimum absolute atomic E-state index is 0.155. The van der Waals surface area contributed by atoms with Crippen molar-refractivity contribution >= 4 is 45.1 Å². The molecule has 0 bridgehead atoms. The van der Waals surface area contributed by atoms with Crippen LogP contribution in [0, 0.1) is 6.92 Å². The summed E-state index contributed by atoms with van der Waals surface area (Å²) in [6, 6.07) is 10.8. The Morgan fingerprint density at radius 2 is 1.70 bits per heavy atom. The van der Waals surface area contributed by atoms with Crippen LogP contribution in [-0.4, -0.2) is 35.9 Å². The smallest absolute Gasteiger partial charge is 0.399 e. The van der Waals surface area contributed by atoms with Crippen LogP contribution in [0.15, 0.2) is 42.6 Å². The van der Waals surface area contributed by atoms with Gasteiger partial charge in [0.25, 0.3) is 10.0 Å². The van der Waals surface area contributed by atoms with Gasteiger partial charge in [0.05, 0.1) is 28.7 Å². The lowest BCUT2D eigenvalue weighted by Gasteiger charge is -2.32. The van der Waals surface area contributed by atoms with Gasteiger partial charge in [-0.15, -0.1) is 0 Å². The summed E-state index contributed by atoms with van der Waals surface area (Å²) in [4.78, 5) is 0. The van der Waals surface area contributed by atoms with Crippen LogP contribution < -0.4 is 5.46 Å². The van der Waals surface area contributed by atoms with Crippen molar-refractivity contribution in [3.05, 3.63) is 58.7 Å². The number of aryl methyl sites for hydroxylation is 1. The molecule has 1 aliphatic rings. The molecule has 0 atom stereocenters. The molecule has 1 aliphatic heterocycles. The molecule has 158 valence electrons. The van der Waals surface area contributed by atoms with Crippen molar-refractivity contribution < 1.29 is 17.7 Å². The Bertz CT molecular complexity index is 1210. The molecule has 0 unspecified atom stereocenters. The number of halogens is 1. The molecule has 2 heterocycles. The third kappa shape index (κ3) is 3.45. The summed E-state index contributed by atoms with van der Waals surface area (Å²) in [7, 11) is -4.45. The molecule has 0 radical (unpaired) electrons. The molecular formula is C21H24BClN2O4S. The SMILES string of the molecule is Cc1cc2c(cnn2S(=O)(=O)Cc2ccccc2)c(B2OC(C)(C)C(C)(C)O2)c1Cl. The number of hydrogen-bond donors (Lipinski definition) is 0. The molecule has 30 heavy (non-hydrogen) atoms. The van der Waals surface area contributed by atoms with Crippen LogP contribution in [-0.2, 0) is 25.1 Å². The zero-order valence-corrected chi connectivity index (χ0v) is 19.2. The molecule has 2 aromatic carbocycles. The minimum Gasteiger partial charge on any atom is -0.399 e. The Morgan fingerprint density at radius 3 is 2.30 bits per heavy atom. The van der Waals surface area contributed by atoms with Crippen molar-refractivity contribution in [3.8, 4) is 0 Å². The summed E-state index contributed by atoms with van der Waals surface area (Å²) in [6.07, 6.45) is 1.52. The molecule has 6 nitrogen and oxygen atoms in total. The molecule has 4 rings (SSSR count). The third-order valence-electron chi connectivity index (χ3n) is 5.94. The molecule has 1 saturated heterocycles. The van der Waals surface area contributed by atoms with E-state index in [0.717, 1.165) is 9.65 Å². The Hall–Kier alpha value is -1.87. The number of fused-ring (bicyclic) bond motifs is 1. The molecule has 3 aromatic rings. The highest BCUT2D eigenvalue weighted by molar-refractivity contribution is 7.89. The van der Waals surface area contributed by atoms with Gasteiger partial charge in [-0.05, 0) is 51.8 Å². The first-order valence-corrected chi connectivity index (χ1v) is 11.7. The number of benzene rings is 2. The van der Waals surface area contributed by atoms with Crippen molar-refractivity contribution in [2.24, 2.45) is 0 Å². The fraction of sp³-hybridized carbons (Fsp3) is 0.381. The first kappa shape index (κ1) is 21.4. The number of hydrogen-bond acceptors (Lipinski definition) is 5. The van der Waals surface area contributed by atoms with Crippen molar-refractivity contribution in [2.75, 3.05) is 0 Å². The number of rotatable bonds is 4. The first-order valence-electron chi connectivity index (χ1n) is 9.72. The molecular weight excluding hydrogens is 423 g/mol. The van der Waals surface area contributed by atoms with Crippen molar-refractivity contribution in [3.63, 3.8) is 0 Å². The van der Waals surface area contributed by atoms with Gasteiger partial charge in [-0.25, -0.2) is 8.42 Å². The Morgan fingerprint density at radius 1 is 1.10 bits per heavy atom. The zero-order valence-electron chi connectivity index (χ0n) is 17.6. The van der Waals surface area contributed by atoms with Crippen molar-refractivity contribution in [1.29, 1.82) is 0 Å². The summed E-state index contributed by atoms with van der Waals surface area (Å²) in [5.74, 6) is -0.155. The van der Waals surface area contributed by atoms with Gasteiger partial charge in [-0.3, -0.25) is 0 Å². The second-order valence-electron chi connectivity index (χ2n) is 8.67. The second kappa shape index (κ2) is 7.09. The number of aromatic nitrogens is 2. The van der Waals surface area contributed by atoms with E-state index in [9.17, 15) is 8.42 Å². The summed E-state index contributed by atoms with van der Waals surface area (Å²) in [5, 5.41) is 5.29. The fourth-order valence-corrected chi connectivity index (χ4v) is 5.16. The third-order valence-corrected chi connectivity index (χ3v) is 7.96. The highest BCUT2D eigenvalue weighted by Gasteiger charge is 2.53. The predicted octanol–water partition coefficient (Wildman–Crippen LogP) is 3.68. The van der Waals surface area contributed by atoms with E-state index in [2.05, 4.69) is 5.10 Å². The van der Waals surface area contributed by atoms with Crippen molar-refractivity contribution in [1.82, 2.24) is 9.19 Å². The lowest BCUT2D eigenvalue weighted by atomic mass is 9.76. The van der Waals surface area contributed by atoms with E-state index >= 15 is 0 Å². The first-order chi connectivity index (χ1) is 13.9. The van der Waals surface area contributed by atoms with Crippen LogP contribution in [0.3, 0.4) is 0 Å². The highest BCUT2D eigenvalue weighted by Crippen LogP contribution is 2.38. The second-order valence-corrected chi connectivity index (χ2v) is 10.8. The molecule has 1 aromatic heterocycles. The van der Waals surface area contributed by atoms with Gasteiger partial charge >= 0.3 is 7.12 Å². The largest absolute Gasteiger partial charge is 0.497 e.